The van der Waals surface area contributed by atoms with Gasteiger partial charge in [0.15, 0.2) is 5.11 Å². The molecule has 0 saturated carbocycles. The van der Waals surface area contributed by atoms with Gasteiger partial charge < -0.3 is 5.32 Å². The Balaban J connectivity index is 2.06. The zero-order valence-electron chi connectivity index (χ0n) is 14.1. The zero-order valence-corrected chi connectivity index (χ0v) is 14.9. The molecule has 2 N–H and O–H groups in total. The van der Waals surface area contributed by atoms with E-state index in [1.165, 1.54) is 42.5 Å². The third kappa shape index (κ3) is 5.18. The third-order valence-electron chi connectivity index (χ3n) is 3.43. The predicted octanol–water partition coefficient (Wildman–Crippen LogP) is 3.88. The monoisotopic (exact) mass is 373 g/mol. The third-order valence-corrected chi connectivity index (χ3v) is 3.63. The highest BCUT2D eigenvalue weighted by Gasteiger charge is 2.18. The summed E-state index contributed by atoms with van der Waals surface area (Å²) in [5.41, 5.74) is 2.13. The number of nitrogens with one attached hydrogen (secondary N) is 2. The van der Waals surface area contributed by atoms with Crippen LogP contribution in [-0.4, -0.2) is 15.9 Å². The molecule has 0 radical (unpaired) electrons. The Bertz CT molecular complexity index is 895. The van der Waals surface area contributed by atoms with Crippen LogP contribution in [-0.2, 0) is 4.79 Å². The van der Waals surface area contributed by atoms with E-state index in [2.05, 4.69) is 10.6 Å². The summed E-state index contributed by atoms with van der Waals surface area (Å²) >= 11 is 5.05. The smallest absolute Gasteiger partial charge is 0.293 e. The van der Waals surface area contributed by atoms with E-state index in [9.17, 15) is 19.3 Å². The molecule has 0 aromatic heterocycles. The van der Waals surface area contributed by atoms with Crippen LogP contribution in [0.5, 0.6) is 0 Å². The van der Waals surface area contributed by atoms with E-state index in [0.717, 1.165) is 5.56 Å². The highest BCUT2D eigenvalue weighted by molar-refractivity contribution is 7.80. The first-order valence-electron chi connectivity index (χ1n) is 7.57. The van der Waals surface area contributed by atoms with Gasteiger partial charge >= 0.3 is 0 Å². The quantitative estimate of drug-likeness (QED) is 0.368. The minimum atomic E-state index is -0.515. The van der Waals surface area contributed by atoms with E-state index in [0.29, 0.717) is 11.1 Å². The van der Waals surface area contributed by atoms with Gasteiger partial charge in [-0.2, -0.15) is 0 Å². The number of rotatable bonds is 4. The van der Waals surface area contributed by atoms with Gasteiger partial charge in [-0.1, -0.05) is 18.2 Å². The first-order valence-corrected chi connectivity index (χ1v) is 7.98. The van der Waals surface area contributed by atoms with E-state index in [1.807, 2.05) is 0 Å². The number of carbonyl (C=O) groups excluding carboxylic acids is 1. The molecule has 0 aliphatic rings. The highest BCUT2D eigenvalue weighted by Crippen LogP contribution is 2.29. The first-order chi connectivity index (χ1) is 12.3. The molecule has 0 spiro atoms. The molecule has 2 rings (SSSR count). The van der Waals surface area contributed by atoms with Crippen molar-refractivity contribution in [2.45, 2.75) is 13.8 Å². The minimum Gasteiger partial charge on any atom is -0.327 e. The summed E-state index contributed by atoms with van der Waals surface area (Å²) in [4.78, 5) is 22.6. The van der Waals surface area contributed by atoms with Gasteiger partial charge in [0, 0.05) is 12.1 Å². The van der Waals surface area contributed by atoms with Crippen molar-refractivity contribution in [1.82, 2.24) is 5.32 Å². The van der Waals surface area contributed by atoms with E-state index in [4.69, 9.17) is 12.2 Å². The first kappa shape index (κ1) is 19.2. The molecule has 0 heterocycles. The number of anilines is 1. The Morgan fingerprint density at radius 1 is 1.23 bits per heavy atom. The van der Waals surface area contributed by atoms with Crippen molar-refractivity contribution in [3.63, 3.8) is 0 Å². The molecule has 0 saturated heterocycles. The number of aryl methyl sites for hydroxylation is 2. The highest BCUT2D eigenvalue weighted by atomic mass is 32.1. The van der Waals surface area contributed by atoms with Crippen LogP contribution in [0.3, 0.4) is 0 Å². The van der Waals surface area contributed by atoms with Crippen LogP contribution in [0.25, 0.3) is 6.08 Å². The lowest BCUT2D eigenvalue weighted by Crippen LogP contribution is -2.33. The summed E-state index contributed by atoms with van der Waals surface area (Å²) < 4.78 is 12.8. The number of benzene rings is 2. The molecule has 1 amide bonds. The average Bonchev–Trinajstić information content (AvgIpc) is 2.56. The standard InChI is InChI=1S/C18H16FN3O3S/c1-11-9-12(2)17(15(10-11)22(24)25)21-18(26)20-16(23)8-5-13-3-6-14(19)7-4-13/h3-10H,1-2H3,(H2,20,21,23,26). The largest absolute Gasteiger partial charge is 0.327 e. The molecule has 0 fully saturated rings. The second-order valence-electron chi connectivity index (χ2n) is 5.56. The van der Waals surface area contributed by atoms with E-state index < -0.39 is 10.8 Å². The number of carbonyl (C=O) groups is 1. The maximum Gasteiger partial charge on any atom is 0.293 e. The Kier molecular flexibility index (Phi) is 6.13. The summed E-state index contributed by atoms with van der Waals surface area (Å²) in [7, 11) is 0. The fourth-order valence-corrected chi connectivity index (χ4v) is 2.50. The zero-order chi connectivity index (χ0) is 19.3. The van der Waals surface area contributed by atoms with Gasteiger partial charge in [-0.05, 0) is 61.0 Å². The maximum absolute atomic E-state index is 12.8. The van der Waals surface area contributed by atoms with Crippen molar-refractivity contribution in [3.05, 3.63) is 75.1 Å². The van der Waals surface area contributed by atoms with Crippen molar-refractivity contribution >= 4 is 40.7 Å². The summed E-state index contributed by atoms with van der Waals surface area (Å²) in [6, 6.07) is 8.80. The second-order valence-corrected chi connectivity index (χ2v) is 5.97. The molecule has 6 nitrogen and oxygen atoms in total. The Hall–Kier alpha value is -3.13. The normalized spacial score (nSPS) is 10.6. The van der Waals surface area contributed by atoms with Gasteiger partial charge in [-0.3, -0.25) is 20.2 Å². The van der Waals surface area contributed by atoms with Gasteiger partial charge in [-0.25, -0.2) is 4.39 Å². The number of amides is 1. The number of halogens is 1. The van der Waals surface area contributed by atoms with Crippen LogP contribution in [0.1, 0.15) is 16.7 Å². The Labute approximate surface area is 154 Å². The molecule has 0 unspecified atom stereocenters. The molecule has 134 valence electrons. The lowest BCUT2D eigenvalue weighted by atomic mass is 10.1. The Morgan fingerprint density at radius 3 is 2.50 bits per heavy atom. The lowest BCUT2D eigenvalue weighted by molar-refractivity contribution is -0.384. The molecule has 0 aliphatic carbocycles. The predicted molar refractivity (Wildman–Crippen MR) is 102 cm³/mol. The van der Waals surface area contributed by atoms with Gasteiger partial charge in [0.05, 0.1) is 4.92 Å². The van der Waals surface area contributed by atoms with Crippen LogP contribution in [0.15, 0.2) is 42.5 Å². The van der Waals surface area contributed by atoms with Crippen molar-refractivity contribution in [1.29, 1.82) is 0 Å². The van der Waals surface area contributed by atoms with Crippen molar-refractivity contribution in [3.8, 4) is 0 Å². The summed E-state index contributed by atoms with van der Waals surface area (Å²) in [5, 5.41) is 16.3. The lowest BCUT2D eigenvalue weighted by Gasteiger charge is -2.12. The number of hydrogen-bond donors (Lipinski definition) is 2. The van der Waals surface area contributed by atoms with E-state index in [-0.39, 0.29) is 22.3 Å². The summed E-state index contributed by atoms with van der Waals surface area (Å²) in [6.07, 6.45) is 2.73. The fraction of sp³-hybridized carbons (Fsp3) is 0.111. The van der Waals surface area contributed by atoms with Crippen molar-refractivity contribution in [2.24, 2.45) is 0 Å². The van der Waals surface area contributed by atoms with Gasteiger partial charge in [0.25, 0.3) is 5.69 Å². The molecular weight excluding hydrogens is 357 g/mol. The molecule has 26 heavy (non-hydrogen) atoms. The number of hydrogen-bond acceptors (Lipinski definition) is 4. The average molecular weight is 373 g/mol. The van der Waals surface area contributed by atoms with Crippen molar-refractivity contribution < 1.29 is 14.1 Å². The molecule has 8 heteroatoms. The maximum atomic E-state index is 12.8. The van der Waals surface area contributed by atoms with Crippen LogP contribution in [0, 0.1) is 29.8 Å². The van der Waals surface area contributed by atoms with Crippen LogP contribution in [0.4, 0.5) is 15.8 Å². The van der Waals surface area contributed by atoms with Gasteiger partial charge in [0.1, 0.15) is 11.5 Å². The van der Waals surface area contributed by atoms with Gasteiger partial charge in [-0.15, -0.1) is 0 Å². The Morgan fingerprint density at radius 2 is 1.88 bits per heavy atom. The summed E-state index contributed by atoms with van der Waals surface area (Å²) in [5.74, 6) is -0.883. The molecule has 2 aromatic carbocycles. The number of nitro groups is 1. The molecule has 0 bridgehead atoms. The SMILES string of the molecule is Cc1cc(C)c(NC(=S)NC(=O)C=Cc2ccc(F)cc2)c([N+](=O)[O-])c1. The molecular formula is C18H16FN3O3S. The molecule has 0 atom stereocenters. The molecule has 0 aliphatic heterocycles. The minimum absolute atomic E-state index is 0.0613. The number of nitrogens with zero attached hydrogens (tertiary/aromatic N) is 1. The fourth-order valence-electron chi connectivity index (χ4n) is 2.30. The number of nitro benzene ring substituents is 1. The van der Waals surface area contributed by atoms with Crippen LogP contribution in [0.2, 0.25) is 0 Å². The number of thiocarbonyl (C=S) groups is 1. The van der Waals surface area contributed by atoms with Gasteiger partial charge in [0.2, 0.25) is 5.91 Å². The second kappa shape index (κ2) is 8.30. The molecule has 2 aromatic rings. The van der Waals surface area contributed by atoms with E-state index in [1.54, 1.807) is 19.9 Å². The van der Waals surface area contributed by atoms with E-state index >= 15 is 0 Å². The van der Waals surface area contributed by atoms with Crippen LogP contribution < -0.4 is 10.6 Å². The topological polar surface area (TPSA) is 84.3 Å². The van der Waals surface area contributed by atoms with Crippen LogP contribution >= 0.6 is 12.2 Å². The van der Waals surface area contributed by atoms with Crippen molar-refractivity contribution in [2.75, 3.05) is 5.32 Å². The summed E-state index contributed by atoms with van der Waals surface area (Å²) in [6.45, 7) is 3.46.